The second kappa shape index (κ2) is 8.53. The zero-order valence-electron chi connectivity index (χ0n) is 16.2. The minimum atomic E-state index is -0.884. The van der Waals surface area contributed by atoms with E-state index in [9.17, 15) is 14.4 Å². The van der Waals surface area contributed by atoms with E-state index >= 15 is 0 Å². The number of carbonyl (C=O) groups is 2. The van der Waals surface area contributed by atoms with Crippen LogP contribution < -0.4 is 10.9 Å². The lowest BCUT2D eigenvalue weighted by Gasteiger charge is -2.20. The maximum Gasteiger partial charge on any atom is 0.336 e. The highest BCUT2D eigenvalue weighted by Crippen LogP contribution is 2.25. The van der Waals surface area contributed by atoms with Gasteiger partial charge >= 0.3 is 11.6 Å². The van der Waals surface area contributed by atoms with Gasteiger partial charge in [-0.3, -0.25) is 4.79 Å². The fraction of sp³-hybridized carbons (Fsp3) is 0.286. The molecule has 0 bridgehead atoms. The summed E-state index contributed by atoms with van der Waals surface area (Å²) in [6.07, 6.45) is 1.37. The predicted octanol–water partition coefficient (Wildman–Crippen LogP) is 3.85. The highest BCUT2D eigenvalue weighted by atomic mass is 35.5. The molecule has 0 aliphatic heterocycles. The predicted molar refractivity (Wildman–Crippen MR) is 107 cm³/mol. The zero-order chi connectivity index (χ0) is 21.1. The van der Waals surface area contributed by atoms with E-state index in [0.717, 1.165) is 5.56 Å². The molecule has 0 spiro atoms. The number of furan rings is 1. The molecule has 8 heteroatoms. The van der Waals surface area contributed by atoms with E-state index in [1.807, 2.05) is 0 Å². The highest BCUT2D eigenvalue weighted by molar-refractivity contribution is 6.32. The van der Waals surface area contributed by atoms with Gasteiger partial charge in [0, 0.05) is 22.0 Å². The third-order valence-electron chi connectivity index (χ3n) is 4.43. The van der Waals surface area contributed by atoms with E-state index < -0.39 is 23.5 Å². The van der Waals surface area contributed by atoms with Crippen molar-refractivity contribution in [2.24, 2.45) is 5.92 Å². The topological polar surface area (TPSA) is 98.7 Å². The third kappa shape index (κ3) is 4.68. The van der Waals surface area contributed by atoms with Crippen molar-refractivity contribution in [3.05, 3.63) is 68.9 Å². The summed E-state index contributed by atoms with van der Waals surface area (Å²) in [5, 5.41) is 3.69. The van der Waals surface area contributed by atoms with Gasteiger partial charge in [-0.1, -0.05) is 25.4 Å². The Morgan fingerprint density at radius 2 is 2.00 bits per heavy atom. The van der Waals surface area contributed by atoms with Crippen LogP contribution in [0.3, 0.4) is 0 Å². The molecule has 0 radical (unpaired) electrons. The number of ether oxygens (including phenoxy) is 1. The number of amides is 1. The lowest BCUT2D eigenvalue weighted by Crippen LogP contribution is -2.45. The van der Waals surface area contributed by atoms with Gasteiger partial charge < -0.3 is 18.9 Å². The van der Waals surface area contributed by atoms with E-state index in [1.54, 1.807) is 39.0 Å². The van der Waals surface area contributed by atoms with Gasteiger partial charge in [0.15, 0.2) is 5.76 Å². The first-order valence-corrected chi connectivity index (χ1v) is 9.38. The Hall–Kier alpha value is -3.06. The number of hydrogen-bond acceptors (Lipinski definition) is 6. The summed E-state index contributed by atoms with van der Waals surface area (Å²) in [6, 6.07) is 6.77. The molecular formula is C21H20ClNO6. The molecule has 7 nitrogen and oxygen atoms in total. The number of nitrogens with one attached hydrogen (secondary N) is 1. The lowest BCUT2D eigenvalue weighted by atomic mass is 10.0. The van der Waals surface area contributed by atoms with E-state index in [4.69, 9.17) is 25.2 Å². The Morgan fingerprint density at radius 1 is 1.24 bits per heavy atom. The molecule has 0 saturated carbocycles. The van der Waals surface area contributed by atoms with Gasteiger partial charge in [-0.25, -0.2) is 9.59 Å². The first-order chi connectivity index (χ1) is 13.8. The summed E-state index contributed by atoms with van der Waals surface area (Å²) in [4.78, 5) is 36.7. The summed E-state index contributed by atoms with van der Waals surface area (Å²) in [5.41, 5.74) is 1.03. The maximum atomic E-state index is 12.6. The molecule has 1 N–H and O–H groups in total. The van der Waals surface area contributed by atoms with Crippen LogP contribution in [0.1, 0.15) is 35.5 Å². The standard InChI is InChI=1S/C21H20ClNO6/c1-11(2)19(23-20(25)16-5-4-6-27-16)21(26)28-10-13-8-18(24)29-17-7-12(3)15(22)9-14(13)17/h4-9,11,19H,10H2,1-3H3,(H,23,25). The lowest BCUT2D eigenvalue weighted by molar-refractivity contribution is -0.148. The molecule has 1 unspecified atom stereocenters. The molecule has 1 atom stereocenters. The monoisotopic (exact) mass is 417 g/mol. The van der Waals surface area contributed by atoms with Gasteiger partial charge in [-0.15, -0.1) is 0 Å². The largest absolute Gasteiger partial charge is 0.459 e. The van der Waals surface area contributed by atoms with Crippen molar-refractivity contribution in [2.45, 2.75) is 33.4 Å². The fourth-order valence-electron chi connectivity index (χ4n) is 2.82. The third-order valence-corrected chi connectivity index (χ3v) is 4.84. The molecule has 0 aliphatic rings. The molecule has 1 amide bonds. The first kappa shape index (κ1) is 20.7. The van der Waals surface area contributed by atoms with E-state index in [1.165, 1.54) is 18.4 Å². The quantitative estimate of drug-likeness (QED) is 0.483. The van der Waals surface area contributed by atoms with Gasteiger partial charge in [0.1, 0.15) is 18.2 Å². The molecule has 29 heavy (non-hydrogen) atoms. The molecule has 152 valence electrons. The average Bonchev–Trinajstić information content (AvgIpc) is 3.19. The molecule has 3 aromatic rings. The minimum Gasteiger partial charge on any atom is -0.459 e. The number of esters is 1. The number of aryl methyl sites for hydroxylation is 1. The average molecular weight is 418 g/mol. The number of benzene rings is 1. The van der Waals surface area contributed by atoms with Crippen LogP contribution in [0.2, 0.25) is 5.02 Å². The molecule has 0 saturated heterocycles. The van der Waals surface area contributed by atoms with E-state index in [-0.39, 0.29) is 18.3 Å². The number of hydrogen-bond donors (Lipinski definition) is 1. The first-order valence-electron chi connectivity index (χ1n) is 9.00. The molecule has 2 aromatic heterocycles. The van der Waals surface area contributed by atoms with E-state index in [2.05, 4.69) is 5.32 Å². The number of fused-ring (bicyclic) bond motifs is 1. The number of halogens is 1. The van der Waals surface area contributed by atoms with E-state index in [0.29, 0.717) is 21.6 Å². The Labute approximate surface area is 171 Å². The Morgan fingerprint density at radius 3 is 2.66 bits per heavy atom. The van der Waals surface area contributed by atoms with Crippen LogP contribution in [0.4, 0.5) is 0 Å². The van der Waals surface area contributed by atoms with Gasteiger partial charge in [-0.05, 0) is 42.7 Å². The number of rotatable bonds is 6. The second-order valence-electron chi connectivity index (χ2n) is 6.97. The second-order valence-corrected chi connectivity index (χ2v) is 7.38. The summed E-state index contributed by atoms with van der Waals surface area (Å²) < 4.78 is 15.6. The maximum absolute atomic E-state index is 12.6. The summed E-state index contributed by atoms with van der Waals surface area (Å²) in [5.74, 6) is -1.27. The smallest absolute Gasteiger partial charge is 0.336 e. The number of carbonyl (C=O) groups excluding carboxylic acids is 2. The summed E-state index contributed by atoms with van der Waals surface area (Å²) in [6.45, 7) is 5.19. The van der Waals surface area contributed by atoms with Crippen molar-refractivity contribution in [1.29, 1.82) is 0 Å². The van der Waals surface area contributed by atoms with Crippen molar-refractivity contribution in [2.75, 3.05) is 0 Å². The van der Waals surface area contributed by atoms with Crippen LogP contribution in [0, 0.1) is 12.8 Å². The van der Waals surface area contributed by atoms with Crippen molar-refractivity contribution in [3.63, 3.8) is 0 Å². The van der Waals surface area contributed by atoms with Gasteiger partial charge in [0.2, 0.25) is 0 Å². The molecule has 2 heterocycles. The van der Waals surface area contributed by atoms with Crippen LogP contribution in [0.25, 0.3) is 11.0 Å². The van der Waals surface area contributed by atoms with Gasteiger partial charge in [0.05, 0.1) is 6.26 Å². The van der Waals surface area contributed by atoms with Crippen molar-refractivity contribution >= 4 is 34.4 Å². The van der Waals surface area contributed by atoms with Crippen molar-refractivity contribution in [3.8, 4) is 0 Å². The molecule has 0 fully saturated rings. The van der Waals surface area contributed by atoms with Crippen LogP contribution in [0.15, 0.2) is 50.2 Å². The van der Waals surface area contributed by atoms with Crippen LogP contribution >= 0.6 is 11.6 Å². The van der Waals surface area contributed by atoms with Crippen molar-refractivity contribution in [1.82, 2.24) is 5.32 Å². The Kier molecular flexibility index (Phi) is 6.08. The van der Waals surface area contributed by atoms with Crippen LogP contribution in [-0.2, 0) is 16.1 Å². The molecule has 1 aromatic carbocycles. The zero-order valence-corrected chi connectivity index (χ0v) is 16.9. The fourth-order valence-corrected chi connectivity index (χ4v) is 2.99. The van der Waals surface area contributed by atoms with Crippen molar-refractivity contribution < 1.29 is 23.2 Å². The Bertz CT molecular complexity index is 1100. The molecule has 3 rings (SSSR count). The normalized spacial score (nSPS) is 12.2. The van der Waals surface area contributed by atoms with Crippen LogP contribution in [-0.4, -0.2) is 17.9 Å². The Balaban J connectivity index is 1.78. The molecular weight excluding hydrogens is 398 g/mol. The van der Waals surface area contributed by atoms with Gasteiger partial charge in [0.25, 0.3) is 5.91 Å². The molecule has 0 aliphatic carbocycles. The summed E-state index contributed by atoms with van der Waals surface area (Å²) in [7, 11) is 0. The summed E-state index contributed by atoms with van der Waals surface area (Å²) >= 11 is 6.18. The van der Waals surface area contributed by atoms with Gasteiger partial charge in [-0.2, -0.15) is 0 Å². The van der Waals surface area contributed by atoms with Crippen LogP contribution in [0.5, 0.6) is 0 Å². The SMILES string of the molecule is Cc1cc2oc(=O)cc(COC(=O)C(NC(=O)c3ccco3)C(C)C)c2cc1Cl. The highest BCUT2D eigenvalue weighted by Gasteiger charge is 2.27. The minimum absolute atomic E-state index is 0.0973.